The molecule has 4 rings (SSSR count). The Labute approximate surface area is 166 Å². The largest absolute Gasteiger partial charge is 0.290 e. The zero-order chi connectivity index (χ0) is 19.0. The molecule has 0 radical (unpaired) electrons. The van der Waals surface area contributed by atoms with Crippen LogP contribution in [0, 0.1) is 5.82 Å². The van der Waals surface area contributed by atoms with Crippen LogP contribution in [-0.2, 0) is 12.8 Å². The first-order chi connectivity index (χ1) is 13.0. The summed E-state index contributed by atoms with van der Waals surface area (Å²) >= 11 is 4.55. The summed E-state index contributed by atoms with van der Waals surface area (Å²) in [5.74, 6) is -1.34. The van der Waals surface area contributed by atoms with Crippen molar-refractivity contribution < 1.29 is 14.0 Å². The number of carbonyl (C=O) groups is 2. The van der Waals surface area contributed by atoms with Gasteiger partial charge in [-0.2, -0.15) is 5.10 Å². The van der Waals surface area contributed by atoms with Crippen molar-refractivity contribution in [1.82, 2.24) is 20.6 Å². The van der Waals surface area contributed by atoms with E-state index in [2.05, 4.69) is 31.9 Å². The third-order valence-corrected chi connectivity index (χ3v) is 5.93. The lowest BCUT2D eigenvalue weighted by Crippen LogP contribution is -2.41. The summed E-state index contributed by atoms with van der Waals surface area (Å²) < 4.78 is 16.5. The fraction of sp³-hybridized carbons (Fsp3) is 0.167. The van der Waals surface area contributed by atoms with Crippen molar-refractivity contribution in [2.24, 2.45) is 0 Å². The second-order valence-corrected chi connectivity index (χ2v) is 8.47. The van der Waals surface area contributed by atoms with Crippen molar-refractivity contribution in [1.29, 1.82) is 0 Å². The number of nitrogens with one attached hydrogen (secondary N) is 2. The summed E-state index contributed by atoms with van der Waals surface area (Å²) in [6.45, 7) is 0. The van der Waals surface area contributed by atoms with Gasteiger partial charge < -0.3 is 0 Å². The lowest BCUT2D eigenvalue weighted by Gasteiger charge is -2.07. The molecule has 9 heteroatoms. The number of amides is 2. The molecular formula is C18H14BrFN4O2S. The lowest BCUT2D eigenvalue weighted by atomic mass is 10.2. The number of benzene rings is 1. The van der Waals surface area contributed by atoms with Crippen LogP contribution in [-0.4, -0.2) is 21.6 Å². The molecule has 1 aliphatic carbocycles. The molecule has 1 aromatic carbocycles. The van der Waals surface area contributed by atoms with Crippen LogP contribution in [0.2, 0.25) is 0 Å². The Bertz CT molecular complexity index is 1050. The molecule has 27 heavy (non-hydrogen) atoms. The van der Waals surface area contributed by atoms with Crippen LogP contribution in [0.1, 0.15) is 37.8 Å². The van der Waals surface area contributed by atoms with Crippen LogP contribution in [0.4, 0.5) is 4.39 Å². The van der Waals surface area contributed by atoms with Crippen molar-refractivity contribution in [3.63, 3.8) is 0 Å². The molecule has 0 fully saturated rings. The second-order valence-electron chi connectivity index (χ2n) is 6.00. The Morgan fingerprint density at radius 1 is 1.11 bits per heavy atom. The van der Waals surface area contributed by atoms with Crippen LogP contribution in [0.25, 0.3) is 5.69 Å². The van der Waals surface area contributed by atoms with Gasteiger partial charge in [-0.1, -0.05) is 12.1 Å². The van der Waals surface area contributed by atoms with E-state index in [4.69, 9.17) is 0 Å². The van der Waals surface area contributed by atoms with E-state index < -0.39 is 17.6 Å². The monoisotopic (exact) mass is 448 g/mol. The average Bonchev–Trinajstić information content (AvgIpc) is 3.36. The van der Waals surface area contributed by atoms with E-state index in [9.17, 15) is 14.0 Å². The number of hydrogen-bond donors (Lipinski definition) is 2. The number of hydrazine groups is 1. The maximum Gasteiger partial charge on any atom is 0.290 e. The molecule has 0 saturated heterocycles. The maximum atomic E-state index is 14.2. The molecule has 2 amide bonds. The van der Waals surface area contributed by atoms with E-state index in [1.165, 1.54) is 22.1 Å². The molecule has 0 saturated carbocycles. The first-order valence-electron chi connectivity index (χ1n) is 8.26. The van der Waals surface area contributed by atoms with E-state index in [0.29, 0.717) is 17.0 Å². The average molecular weight is 449 g/mol. The van der Waals surface area contributed by atoms with Gasteiger partial charge in [-0.3, -0.25) is 20.4 Å². The van der Waals surface area contributed by atoms with Crippen LogP contribution < -0.4 is 10.9 Å². The van der Waals surface area contributed by atoms with Gasteiger partial charge in [-0.05, 0) is 59.5 Å². The highest BCUT2D eigenvalue weighted by Gasteiger charge is 2.28. The number of rotatable bonds is 3. The summed E-state index contributed by atoms with van der Waals surface area (Å²) in [7, 11) is 0. The highest BCUT2D eigenvalue weighted by molar-refractivity contribution is 9.11. The number of carbonyl (C=O) groups excluding carboxylic acids is 2. The number of para-hydroxylation sites is 1. The smallest absolute Gasteiger partial charge is 0.266 e. The number of fused-ring (bicyclic) bond motifs is 1. The Hall–Kier alpha value is -2.52. The third-order valence-electron chi connectivity index (χ3n) is 4.31. The van der Waals surface area contributed by atoms with Gasteiger partial charge in [-0.15, -0.1) is 11.3 Å². The quantitative estimate of drug-likeness (QED) is 0.602. The summed E-state index contributed by atoms with van der Waals surface area (Å²) in [5.41, 5.74) is 6.93. The van der Waals surface area contributed by atoms with Crippen molar-refractivity contribution in [3.8, 4) is 5.69 Å². The van der Waals surface area contributed by atoms with Gasteiger partial charge in [0.05, 0.1) is 8.66 Å². The van der Waals surface area contributed by atoms with Gasteiger partial charge in [-0.25, -0.2) is 9.07 Å². The predicted molar refractivity (Wildman–Crippen MR) is 102 cm³/mol. The van der Waals surface area contributed by atoms with Crippen molar-refractivity contribution in [2.75, 3.05) is 0 Å². The minimum absolute atomic E-state index is 0.207. The summed E-state index contributed by atoms with van der Waals surface area (Å²) in [4.78, 5) is 25.1. The van der Waals surface area contributed by atoms with E-state index in [0.717, 1.165) is 27.9 Å². The highest BCUT2D eigenvalue weighted by atomic mass is 79.9. The number of thiophene rings is 1. The standard InChI is InChI=1S/C18H14BrFN4O2S/c19-15-9-8-14(27-15)17(25)21-22-18(26)16-10-4-3-7-12(10)24(23-16)13-6-2-1-5-11(13)20/h1-2,5-6,8-9H,3-4,7H2,(H,21,25)(H,22,26). The Morgan fingerprint density at radius 3 is 2.63 bits per heavy atom. The SMILES string of the molecule is O=C(NNC(=O)c1nn(-c2ccccc2F)c2c1CCC2)c1ccc(Br)s1. The molecule has 138 valence electrons. The molecule has 0 atom stereocenters. The second kappa shape index (κ2) is 7.24. The summed E-state index contributed by atoms with van der Waals surface area (Å²) in [6, 6.07) is 9.72. The van der Waals surface area contributed by atoms with Crippen LogP contribution >= 0.6 is 27.3 Å². The van der Waals surface area contributed by atoms with Gasteiger partial charge >= 0.3 is 0 Å². The molecule has 0 unspecified atom stereocenters. The fourth-order valence-electron chi connectivity index (χ4n) is 3.11. The summed E-state index contributed by atoms with van der Waals surface area (Å²) in [5, 5.41) is 4.33. The molecule has 0 bridgehead atoms. The Kier molecular flexibility index (Phi) is 4.79. The number of aromatic nitrogens is 2. The van der Waals surface area contributed by atoms with E-state index in [-0.39, 0.29) is 5.69 Å². The zero-order valence-corrected chi connectivity index (χ0v) is 16.4. The van der Waals surface area contributed by atoms with Gasteiger partial charge in [0.15, 0.2) is 5.69 Å². The van der Waals surface area contributed by atoms with Crippen LogP contribution in [0.15, 0.2) is 40.2 Å². The zero-order valence-electron chi connectivity index (χ0n) is 14.0. The molecule has 2 heterocycles. The van der Waals surface area contributed by atoms with Gasteiger partial charge in [0, 0.05) is 11.3 Å². The minimum Gasteiger partial charge on any atom is -0.266 e. The minimum atomic E-state index is -0.521. The number of hydrogen-bond acceptors (Lipinski definition) is 4. The Morgan fingerprint density at radius 2 is 1.89 bits per heavy atom. The molecule has 1 aliphatic rings. The van der Waals surface area contributed by atoms with Crippen molar-refractivity contribution in [3.05, 3.63) is 67.8 Å². The number of halogens is 2. The fourth-order valence-corrected chi connectivity index (χ4v) is 4.39. The first-order valence-corrected chi connectivity index (χ1v) is 9.87. The number of nitrogens with zero attached hydrogens (tertiary/aromatic N) is 2. The topological polar surface area (TPSA) is 76.0 Å². The predicted octanol–water partition coefficient (Wildman–Crippen LogP) is 3.40. The van der Waals surface area contributed by atoms with Crippen molar-refractivity contribution >= 4 is 39.1 Å². The highest BCUT2D eigenvalue weighted by Crippen LogP contribution is 2.28. The lowest BCUT2D eigenvalue weighted by molar-refractivity contribution is 0.0845. The maximum absolute atomic E-state index is 14.2. The van der Waals surface area contributed by atoms with E-state index in [1.807, 2.05) is 0 Å². The van der Waals surface area contributed by atoms with Crippen LogP contribution in [0.3, 0.4) is 0 Å². The first kappa shape index (κ1) is 17.9. The Balaban J connectivity index is 1.57. The molecule has 0 aliphatic heterocycles. The third kappa shape index (κ3) is 3.40. The van der Waals surface area contributed by atoms with Gasteiger partial charge in [0.2, 0.25) is 0 Å². The van der Waals surface area contributed by atoms with Gasteiger partial charge in [0.25, 0.3) is 11.8 Å². The van der Waals surface area contributed by atoms with Crippen molar-refractivity contribution in [2.45, 2.75) is 19.3 Å². The molecule has 3 aromatic rings. The molecular weight excluding hydrogens is 435 g/mol. The van der Waals surface area contributed by atoms with Gasteiger partial charge in [0.1, 0.15) is 11.5 Å². The molecule has 6 nitrogen and oxygen atoms in total. The molecule has 2 N–H and O–H groups in total. The summed E-state index contributed by atoms with van der Waals surface area (Å²) in [6.07, 6.45) is 2.29. The normalized spacial score (nSPS) is 12.7. The molecule has 0 spiro atoms. The van der Waals surface area contributed by atoms with Crippen LogP contribution in [0.5, 0.6) is 0 Å². The van der Waals surface area contributed by atoms with E-state index >= 15 is 0 Å². The molecule has 2 aromatic heterocycles. The van der Waals surface area contributed by atoms with E-state index in [1.54, 1.807) is 30.3 Å².